The number of aliphatic hydroxyl groups is 1. The van der Waals surface area contributed by atoms with Crippen LogP contribution >= 0.6 is 22.7 Å². The number of carbonyl (C=O) groups excluding carboxylic acids is 1. The second-order valence-electron chi connectivity index (χ2n) is 9.94. The highest BCUT2D eigenvalue weighted by molar-refractivity contribution is 7.13. The highest BCUT2D eigenvalue weighted by Crippen LogP contribution is 2.49. The van der Waals surface area contributed by atoms with Gasteiger partial charge in [-0.25, -0.2) is 11.4 Å². The topological polar surface area (TPSA) is 50.9 Å². The molecule has 1 unspecified atom stereocenters. The highest BCUT2D eigenvalue weighted by Gasteiger charge is 2.46. The molecule has 1 N–H and O–H groups in total. The standard InChI is InChI=1S/C27H34FNO3S2/c1-29-22-12-10-18(6-3-7-20-11-13-23(34-20)26(31)32-2)21(22)8-4-9-24(30)27(14-5-15-27)19-16-25(28)33-17-19/h11,13,16-18,21-22,24,30H,3-10,12,14-15H2,2H3/t18-,21+,22-,24?/m0/s1. The molecular weight excluding hydrogens is 469 g/mol. The van der Waals surface area contributed by atoms with Crippen LogP contribution in [0.1, 0.15) is 84.3 Å². The summed E-state index contributed by atoms with van der Waals surface area (Å²) in [4.78, 5) is 17.5. The minimum absolute atomic E-state index is 0.0958. The van der Waals surface area contributed by atoms with Crippen molar-refractivity contribution in [2.75, 3.05) is 7.11 Å². The van der Waals surface area contributed by atoms with Gasteiger partial charge in [0.2, 0.25) is 6.04 Å². The van der Waals surface area contributed by atoms with E-state index in [1.807, 2.05) is 17.5 Å². The molecule has 0 bridgehead atoms. The van der Waals surface area contributed by atoms with Gasteiger partial charge in [0.05, 0.1) is 13.2 Å². The summed E-state index contributed by atoms with van der Waals surface area (Å²) in [6.07, 6.45) is 10.3. The van der Waals surface area contributed by atoms with Crippen molar-refractivity contribution in [2.24, 2.45) is 11.8 Å². The first kappa shape index (κ1) is 25.3. The van der Waals surface area contributed by atoms with Gasteiger partial charge in [-0.1, -0.05) is 12.8 Å². The first-order chi connectivity index (χ1) is 16.5. The van der Waals surface area contributed by atoms with Crippen LogP contribution in [0.3, 0.4) is 0 Å². The molecule has 4 atom stereocenters. The van der Waals surface area contributed by atoms with E-state index < -0.39 is 6.10 Å². The summed E-state index contributed by atoms with van der Waals surface area (Å²) in [5, 5.41) is 12.8. The number of thiophene rings is 2. The molecule has 2 aromatic heterocycles. The SMILES string of the molecule is [C-]#[N+][C@H]1CC[C@H](CCCc2ccc(C(=O)OC)s2)[C@H]1CCCC(O)C1(c2csc(F)c2)CCC1. The number of halogens is 1. The van der Waals surface area contributed by atoms with E-state index in [0.29, 0.717) is 16.7 Å². The molecule has 34 heavy (non-hydrogen) atoms. The molecule has 0 aromatic carbocycles. The zero-order chi connectivity index (χ0) is 24.1. The summed E-state index contributed by atoms with van der Waals surface area (Å²) in [7, 11) is 1.41. The van der Waals surface area contributed by atoms with E-state index in [2.05, 4.69) is 4.85 Å². The average Bonchev–Trinajstić information content (AvgIpc) is 3.53. The lowest BCUT2D eigenvalue weighted by molar-refractivity contribution is 0.0196. The average molecular weight is 504 g/mol. The Balaban J connectivity index is 1.27. The lowest BCUT2D eigenvalue weighted by atomic mass is 9.61. The van der Waals surface area contributed by atoms with E-state index in [1.54, 1.807) is 6.07 Å². The third kappa shape index (κ3) is 5.40. The normalized spacial score (nSPS) is 24.4. The maximum Gasteiger partial charge on any atom is 0.348 e. The van der Waals surface area contributed by atoms with Crippen LogP contribution in [0.5, 0.6) is 0 Å². The smallest absolute Gasteiger partial charge is 0.348 e. The second kappa shape index (κ2) is 11.3. The van der Waals surface area contributed by atoms with Crippen molar-refractivity contribution in [3.8, 4) is 0 Å². The first-order valence-electron chi connectivity index (χ1n) is 12.4. The molecule has 0 aliphatic heterocycles. The van der Waals surface area contributed by atoms with Crippen LogP contribution in [0.25, 0.3) is 4.85 Å². The van der Waals surface area contributed by atoms with Crippen LogP contribution in [0.15, 0.2) is 23.6 Å². The maximum atomic E-state index is 13.6. The zero-order valence-electron chi connectivity index (χ0n) is 19.8. The summed E-state index contributed by atoms with van der Waals surface area (Å²) in [6, 6.07) is 5.56. The molecule has 2 aliphatic carbocycles. The van der Waals surface area contributed by atoms with Gasteiger partial charge in [-0.3, -0.25) is 0 Å². The summed E-state index contributed by atoms with van der Waals surface area (Å²) in [5.74, 6) is 0.677. The summed E-state index contributed by atoms with van der Waals surface area (Å²) >= 11 is 2.63. The van der Waals surface area contributed by atoms with Gasteiger partial charge in [0.25, 0.3) is 0 Å². The molecular formula is C27H34FNO3S2. The van der Waals surface area contributed by atoms with Crippen LogP contribution in [0.2, 0.25) is 0 Å². The quantitative estimate of drug-likeness (QED) is 0.265. The molecule has 0 saturated heterocycles. The molecule has 4 nitrogen and oxygen atoms in total. The van der Waals surface area contributed by atoms with Gasteiger partial charge in [0.15, 0.2) is 5.13 Å². The Morgan fingerprint density at radius 1 is 1.32 bits per heavy atom. The third-order valence-electron chi connectivity index (χ3n) is 8.19. The van der Waals surface area contributed by atoms with Crippen molar-refractivity contribution in [2.45, 2.75) is 88.2 Å². The van der Waals surface area contributed by atoms with Gasteiger partial charge in [-0.15, -0.1) is 22.7 Å². The van der Waals surface area contributed by atoms with Gasteiger partial charge in [0, 0.05) is 22.6 Å². The zero-order valence-corrected chi connectivity index (χ0v) is 21.4. The van der Waals surface area contributed by atoms with Crippen LogP contribution in [0, 0.1) is 23.5 Å². The minimum Gasteiger partial charge on any atom is -0.465 e. The Morgan fingerprint density at radius 2 is 2.15 bits per heavy atom. The van der Waals surface area contributed by atoms with Crippen LogP contribution < -0.4 is 0 Å². The molecule has 2 saturated carbocycles. The van der Waals surface area contributed by atoms with Gasteiger partial charge < -0.3 is 14.7 Å². The molecule has 0 radical (unpaired) electrons. The summed E-state index contributed by atoms with van der Waals surface area (Å²) < 4.78 is 18.4. The van der Waals surface area contributed by atoms with Gasteiger partial charge in [-0.2, -0.15) is 4.39 Å². The number of hydrogen-bond donors (Lipinski definition) is 1. The van der Waals surface area contributed by atoms with Crippen LogP contribution in [0.4, 0.5) is 4.39 Å². The van der Waals surface area contributed by atoms with E-state index in [0.717, 1.165) is 87.5 Å². The largest absolute Gasteiger partial charge is 0.465 e. The molecule has 0 amide bonds. The molecule has 2 aromatic rings. The number of ether oxygens (including phenoxy) is 1. The Labute approximate surface area is 210 Å². The van der Waals surface area contributed by atoms with Crippen molar-refractivity contribution in [1.82, 2.24) is 0 Å². The fraction of sp³-hybridized carbons (Fsp3) is 0.630. The van der Waals surface area contributed by atoms with Crippen molar-refractivity contribution in [3.63, 3.8) is 0 Å². The maximum absolute atomic E-state index is 13.6. The van der Waals surface area contributed by atoms with Gasteiger partial charge >= 0.3 is 5.97 Å². The predicted octanol–water partition coefficient (Wildman–Crippen LogP) is 7.03. The molecule has 4 rings (SSSR count). The van der Waals surface area contributed by atoms with E-state index in [-0.39, 0.29) is 22.6 Å². The van der Waals surface area contributed by atoms with Crippen LogP contribution in [-0.4, -0.2) is 30.3 Å². The number of carbonyl (C=O) groups is 1. The van der Waals surface area contributed by atoms with Gasteiger partial charge in [-0.05, 0) is 86.4 Å². The number of methoxy groups -OCH3 is 1. The number of aliphatic hydroxyl groups excluding tert-OH is 1. The Kier molecular flexibility index (Phi) is 8.44. The number of esters is 1. The van der Waals surface area contributed by atoms with Crippen molar-refractivity contribution in [3.05, 3.63) is 55.4 Å². The molecule has 2 heterocycles. The van der Waals surface area contributed by atoms with E-state index in [4.69, 9.17) is 11.3 Å². The lowest BCUT2D eigenvalue weighted by Crippen LogP contribution is -2.45. The lowest BCUT2D eigenvalue weighted by Gasteiger charge is -2.45. The van der Waals surface area contributed by atoms with Crippen molar-refractivity contribution < 1.29 is 19.0 Å². The second-order valence-corrected chi connectivity index (χ2v) is 12.0. The number of rotatable bonds is 11. The van der Waals surface area contributed by atoms with Crippen molar-refractivity contribution in [1.29, 1.82) is 0 Å². The predicted molar refractivity (Wildman–Crippen MR) is 135 cm³/mol. The number of nitrogens with zero attached hydrogens (tertiary/aromatic N) is 1. The Hall–Kier alpha value is -1.75. The summed E-state index contributed by atoms with van der Waals surface area (Å²) in [6.45, 7) is 7.67. The highest BCUT2D eigenvalue weighted by atomic mass is 32.1. The monoisotopic (exact) mass is 503 g/mol. The van der Waals surface area contributed by atoms with E-state index in [9.17, 15) is 14.3 Å². The van der Waals surface area contributed by atoms with Crippen molar-refractivity contribution >= 4 is 28.6 Å². The molecule has 184 valence electrons. The number of aryl methyl sites for hydroxylation is 1. The number of hydrogen-bond acceptors (Lipinski definition) is 5. The van der Waals surface area contributed by atoms with E-state index >= 15 is 0 Å². The Morgan fingerprint density at radius 3 is 2.79 bits per heavy atom. The van der Waals surface area contributed by atoms with E-state index in [1.165, 1.54) is 23.3 Å². The molecule has 2 fully saturated rings. The third-order valence-corrected chi connectivity index (χ3v) is 10.0. The van der Waals surface area contributed by atoms with Gasteiger partial charge in [0.1, 0.15) is 4.88 Å². The molecule has 2 aliphatic rings. The summed E-state index contributed by atoms with van der Waals surface area (Å²) in [5.41, 5.74) is 0.703. The molecule has 7 heteroatoms. The van der Waals surface area contributed by atoms with Crippen LogP contribution in [-0.2, 0) is 16.6 Å². The first-order valence-corrected chi connectivity index (χ1v) is 14.1. The fourth-order valence-corrected chi connectivity index (χ4v) is 7.81. The fourth-order valence-electron chi connectivity index (χ4n) is 6.10. The minimum atomic E-state index is -0.440. The molecule has 0 spiro atoms. The Bertz CT molecular complexity index is 1010.